The van der Waals surface area contributed by atoms with Crippen LogP contribution >= 0.6 is 15.9 Å². The van der Waals surface area contributed by atoms with Gasteiger partial charge in [-0.25, -0.2) is 13.2 Å². The molecule has 0 aliphatic rings. The van der Waals surface area contributed by atoms with E-state index in [1.165, 1.54) is 0 Å². The summed E-state index contributed by atoms with van der Waals surface area (Å²) in [4.78, 5) is 2.38. The molecule has 126 valence electrons. The van der Waals surface area contributed by atoms with Gasteiger partial charge in [0.05, 0.1) is 15.7 Å². The van der Waals surface area contributed by atoms with Gasteiger partial charge in [0.1, 0.15) is 11.6 Å². The van der Waals surface area contributed by atoms with Gasteiger partial charge in [-0.15, -0.1) is 0 Å². The Bertz CT molecular complexity index is 825. The molecule has 2 aromatic carbocycles. The molecule has 0 fully saturated rings. The number of hydrogen-bond donors (Lipinski definition) is 0. The lowest BCUT2D eigenvalue weighted by Crippen LogP contribution is -2.07. The predicted octanol–water partition coefficient (Wildman–Crippen LogP) is 6.62. The molecule has 2 rings (SSSR count). The molecule has 0 aromatic heterocycles. The molecule has 0 spiro atoms. The molecule has 0 bridgehead atoms. The van der Waals surface area contributed by atoms with Gasteiger partial charge in [0.2, 0.25) is 0 Å². The third-order valence-electron chi connectivity index (χ3n) is 2.69. The molecule has 11 heteroatoms. The van der Waals surface area contributed by atoms with Crippen molar-refractivity contribution in [3.8, 4) is 11.5 Å². The minimum Gasteiger partial charge on any atom is -0.450 e. The van der Waals surface area contributed by atoms with Crippen molar-refractivity contribution in [1.29, 1.82) is 0 Å². The first-order valence-corrected chi connectivity index (χ1v) is 6.71. The summed E-state index contributed by atoms with van der Waals surface area (Å²) in [6, 6.07) is 1.74. The Labute approximate surface area is 138 Å². The summed E-state index contributed by atoms with van der Waals surface area (Å²) in [7, 11) is 0. The highest BCUT2D eigenvalue weighted by Crippen LogP contribution is 2.39. The summed E-state index contributed by atoms with van der Waals surface area (Å²) in [6.45, 7) is 0. The van der Waals surface area contributed by atoms with E-state index in [1.807, 2.05) is 0 Å². The van der Waals surface area contributed by atoms with Crippen LogP contribution in [0, 0.1) is 17.5 Å². The van der Waals surface area contributed by atoms with Crippen LogP contribution in [0.4, 0.5) is 32.0 Å². The molecule has 0 saturated heterocycles. The minimum atomic E-state index is -4.94. The maximum atomic E-state index is 13.7. The highest BCUT2D eigenvalue weighted by Gasteiger charge is 2.33. The van der Waals surface area contributed by atoms with Crippen LogP contribution in [0.2, 0.25) is 0 Å². The molecule has 0 amide bonds. The molecule has 0 unspecified atom stereocenters. The Morgan fingerprint density at radius 3 is 2.08 bits per heavy atom. The highest BCUT2D eigenvalue weighted by molar-refractivity contribution is 9.10. The molecular weight excluding hydrogens is 408 g/mol. The Morgan fingerprint density at radius 1 is 1.00 bits per heavy atom. The SMILES string of the molecule is [N-]=[N+]=Nc1cc(Br)c(Oc2c(F)cc(C(F)(F)F)cc2F)cc1F. The van der Waals surface area contributed by atoms with Gasteiger partial charge in [0.15, 0.2) is 17.4 Å². The second kappa shape index (κ2) is 6.62. The fraction of sp³-hybridized carbons (Fsp3) is 0.0769. The first-order chi connectivity index (χ1) is 11.1. The van der Waals surface area contributed by atoms with Crippen molar-refractivity contribution in [3.63, 3.8) is 0 Å². The van der Waals surface area contributed by atoms with E-state index in [0.29, 0.717) is 6.07 Å². The average molecular weight is 412 g/mol. The second-order valence-electron chi connectivity index (χ2n) is 4.29. The summed E-state index contributed by atoms with van der Waals surface area (Å²) in [5.74, 6) is -5.86. The number of alkyl halides is 3. The first kappa shape index (κ1) is 18.0. The molecule has 0 aliphatic heterocycles. The van der Waals surface area contributed by atoms with Gasteiger partial charge in [0.25, 0.3) is 0 Å². The van der Waals surface area contributed by atoms with E-state index in [-0.39, 0.29) is 16.6 Å². The molecule has 0 saturated carbocycles. The summed E-state index contributed by atoms with van der Waals surface area (Å²) in [6.07, 6.45) is -4.94. The van der Waals surface area contributed by atoms with Gasteiger partial charge < -0.3 is 4.74 Å². The van der Waals surface area contributed by atoms with Crippen LogP contribution in [-0.4, -0.2) is 0 Å². The van der Waals surface area contributed by atoms with Gasteiger partial charge in [-0.1, -0.05) is 5.11 Å². The van der Waals surface area contributed by atoms with Crippen LogP contribution in [0.5, 0.6) is 11.5 Å². The number of benzene rings is 2. The number of hydrogen-bond acceptors (Lipinski definition) is 2. The normalized spacial score (nSPS) is 11.1. The first-order valence-electron chi connectivity index (χ1n) is 5.91. The van der Waals surface area contributed by atoms with Crippen molar-refractivity contribution in [2.75, 3.05) is 0 Å². The smallest absolute Gasteiger partial charge is 0.416 e. The quantitative estimate of drug-likeness (QED) is 0.242. The zero-order chi connectivity index (χ0) is 18.1. The van der Waals surface area contributed by atoms with E-state index in [2.05, 4.69) is 26.0 Å². The van der Waals surface area contributed by atoms with Crippen LogP contribution in [-0.2, 0) is 6.18 Å². The lowest BCUT2D eigenvalue weighted by molar-refractivity contribution is -0.138. The van der Waals surface area contributed by atoms with Gasteiger partial charge >= 0.3 is 6.18 Å². The lowest BCUT2D eigenvalue weighted by Gasteiger charge is -2.13. The van der Waals surface area contributed by atoms with Crippen molar-refractivity contribution in [1.82, 2.24) is 0 Å². The van der Waals surface area contributed by atoms with E-state index >= 15 is 0 Å². The Kier molecular flexibility index (Phi) is 4.95. The van der Waals surface area contributed by atoms with Crippen LogP contribution in [0.1, 0.15) is 5.56 Å². The number of azide groups is 1. The Hall–Kier alpha value is -2.39. The highest BCUT2D eigenvalue weighted by atomic mass is 79.9. The number of rotatable bonds is 3. The van der Waals surface area contributed by atoms with Crippen molar-refractivity contribution in [3.05, 3.63) is 62.2 Å². The minimum absolute atomic E-state index is 0.0370. The second-order valence-corrected chi connectivity index (χ2v) is 5.15. The number of nitrogens with zero attached hydrogens (tertiary/aromatic N) is 3. The van der Waals surface area contributed by atoms with E-state index in [9.17, 15) is 26.3 Å². The van der Waals surface area contributed by atoms with E-state index in [1.54, 1.807) is 0 Å². The molecule has 0 atom stereocenters. The van der Waals surface area contributed by atoms with Crippen LogP contribution in [0.25, 0.3) is 10.4 Å². The lowest BCUT2D eigenvalue weighted by atomic mass is 10.2. The molecule has 0 aliphatic carbocycles. The Morgan fingerprint density at radius 2 is 1.58 bits per heavy atom. The van der Waals surface area contributed by atoms with Gasteiger partial charge in [0, 0.05) is 11.0 Å². The molecular formula is C13H4BrF6N3O. The fourth-order valence-corrected chi connectivity index (χ4v) is 2.06. The molecule has 0 radical (unpaired) electrons. The van der Waals surface area contributed by atoms with Crippen LogP contribution < -0.4 is 4.74 Å². The van der Waals surface area contributed by atoms with Crippen molar-refractivity contribution < 1.29 is 31.1 Å². The Balaban J connectivity index is 2.46. The van der Waals surface area contributed by atoms with Crippen LogP contribution in [0.3, 0.4) is 0 Å². The summed E-state index contributed by atoms with van der Waals surface area (Å²) >= 11 is 2.90. The van der Waals surface area contributed by atoms with Crippen molar-refractivity contribution in [2.45, 2.75) is 6.18 Å². The largest absolute Gasteiger partial charge is 0.450 e. The molecule has 2 aromatic rings. The summed E-state index contributed by atoms with van der Waals surface area (Å²) < 4.78 is 83.3. The maximum absolute atomic E-state index is 13.7. The molecule has 24 heavy (non-hydrogen) atoms. The molecule has 0 heterocycles. The zero-order valence-electron chi connectivity index (χ0n) is 11.2. The van der Waals surface area contributed by atoms with E-state index in [0.717, 1.165) is 6.07 Å². The predicted molar refractivity (Wildman–Crippen MR) is 74.3 cm³/mol. The van der Waals surface area contributed by atoms with Crippen LogP contribution in [0.15, 0.2) is 33.9 Å². The van der Waals surface area contributed by atoms with Gasteiger partial charge in [-0.05, 0) is 39.7 Å². The van der Waals surface area contributed by atoms with Gasteiger partial charge in [-0.2, -0.15) is 13.2 Å². The average Bonchev–Trinajstić information content (AvgIpc) is 2.46. The summed E-state index contributed by atoms with van der Waals surface area (Å²) in [5.41, 5.74) is 6.31. The number of ether oxygens (including phenoxy) is 1. The third kappa shape index (κ3) is 3.74. The summed E-state index contributed by atoms with van der Waals surface area (Å²) in [5, 5.41) is 3.04. The zero-order valence-corrected chi connectivity index (χ0v) is 12.8. The van der Waals surface area contributed by atoms with E-state index < -0.39 is 46.4 Å². The van der Waals surface area contributed by atoms with Crippen molar-refractivity contribution in [2.24, 2.45) is 5.11 Å². The monoisotopic (exact) mass is 411 g/mol. The standard InChI is InChI=1S/C13H4BrF6N3O/c14-6-3-10(22-23-21)7(15)4-11(6)24-12-8(16)1-5(2-9(12)17)13(18,19)20/h1-4H. The van der Waals surface area contributed by atoms with Crippen molar-refractivity contribution >= 4 is 21.6 Å². The molecule has 4 nitrogen and oxygen atoms in total. The molecule has 0 N–H and O–H groups in total. The fourth-order valence-electron chi connectivity index (χ4n) is 1.65. The topological polar surface area (TPSA) is 58.0 Å². The number of halogens is 7. The third-order valence-corrected chi connectivity index (χ3v) is 3.31. The van der Waals surface area contributed by atoms with Gasteiger partial charge in [-0.3, -0.25) is 0 Å². The maximum Gasteiger partial charge on any atom is 0.416 e. The van der Waals surface area contributed by atoms with E-state index in [4.69, 9.17) is 10.3 Å².